The molecule has 0 aromatic heterocycles. The van der Waals surface area contributed by atoms with Crippen LogP contribution >= 0.6 is 0 Å². The predicted octanol–water partition coefficient (Wildman–Crippen LogP) is 3.50. The lowest BCUT2D eigenvalue weighted by atomic mass is 10.1. The summed E-state index contributed by atoms with van der Waals surface area (Å²) in [6.45, 7) is 11.8. The summed E-state index contributed by atoms with van der Waals surface area (Å²) in [7, 11) is 0. The van der Waals surface area contributed by atoms with E-state index in [1.807, 2.05) is 39.8 Å². The number of hydrogen-bond donors (Lipinski definition) is 0. The van der Waals surface area contributed by atoms with Crippen molar-refractivity contribution in [1.82, 2.24) is 0 Å². The molecule has 0 atom stereocenters. The standard InChI is InChI=1S/C11H17N/c1-6-8-9(3)10(4)11(5)12-7-2/h6-8H,3H2,1-2,4-5H3/b8-6-,11-10-,12-7-. The third-order valence-electron chi connectivity index (χ3n) is 1.71. The smallest absolute Gasteiger partial charge is 0.0403 e. The number of hydrogen-bond acceptors (Lipinski definition) is 1. The molecule has 0 saturated carbocycles. The molecule has 66 valence electrons. The van der Waals surface area contributed by atoms with Gasteiger partial charge in [-0.25, -0.2) is 0 Å². The highest BCUT2D eigenvalue weighted by molar-refractivity contribution is 5.56. The zero-order valence-electron chi connectivity index (χ0n) is 8.39. The van der Waals surface area contributed by atoms with E-state index < -0.39 is 0 Å². The van der Waals surface area contributed by atoms with Crippen LogP contribution in [0.4, 0.5) is 0 Å². The number of rotatable bonds is 3. The first-order valence-corrected chi connectivity index (χ1v) is 4.11. The van der Waals surface area contributed by atoms with Gasteiger partial charge in [-0.15, -0.1) is 0 Å². The quantitative estimate of drug-likeness (QED) is 0.446. The van der Waals surface area contributed by atoms with E-state index in [2.05, 4.69) is 11.6 Å². The van der Waals surface area contributed by atoms with Crippen molar-refractivity contribution < 1.29 is 0 Å². The predicted molar refractivity (Wildman–Crippen MR) is 56.5 cm³/mol. The zero-order chi connectivity index (χ0) is 9.56. The summed E-state index contributed by atoms with van der Waals surface area (Å²) in [6.07, 6.45) is 5.76. The highest BCUT2D eigenvalue weighted by Crippen LogP contribution is 2.14. The van der Waals surface area contributed by atoms with Gasteiger partial charge in [0.2, 0.25) is 0 Å². The highest BCUT2D eigenvalue weighted by Gasteiger charge is 1.95. The lowest BCUT2D eigenvalue weighted by molar-refractivity contribution is 1.22. The van der Waals surface area contributed by atoms with Gasteiger partial charge in [0.05, 0.1) is 0 Å². The van der Waals surface area contributed by atoms with Crippen molar-refractivity contribution in [2.45, 2.75) is 27.7 Å². The van der Waals surface area contributed by atoms with Crippen LogP contribution in [0, 0.1) is 0 Å². The molecule has 0 aliphatic heterocycles. The van der Waals surface area contributed by atoms with Gasteiger partial charge in [0.15, 0.2) is 0 Å². The van der Waals surface area contributed by atoms with Crippen molar-refractivity contribution in [3.05, 3.63) is 35.6 Å². The zero-order valence-corrected chi connectivity index (χ0v) is 8.39. The summed E-state index contributed by atoms with van der Waals surface area (Å²) in [5.74, 6) is 0. The number of nitrogens with zero attached hydrogens (tertiary/aromatic N) is 1. The molecule has 0 saturated heterocycles. The first-order chi connectivity index (χ1) is 5.63. The van der Waals surface area contributed by atoms with E-state index in [4.69, 9.17) is 0 Å². The fraction of sp³-hybridized carbons (Fsp3) is 0.364. The van der Waals surface area contributed by atoms with E-state index >= 15 is 0 Å². The minimum Gasteiger partial charge on any atom is -0.266 e. The first-order valence-electron chi connectivity index (χ1n) is 4.11. The topological polar surface area (TPSA) is 12.4 Å². The Kier molecular flexibility index (Phi) is 5.02. The van der Waals surface area contributed by atoms with Gasteiger partial charge in [0.1, 0.15) is 0 Å². The fourth-order valence-electron chi connectivity index (χ4n) is 0.849. The molecule has 1 heteroatoms. The van der Waals surface area contributed by atoms with E-state index in [0.29, 0.717) is 0 Å². The van der Waals surface area contributed by atoms with Crippen LogP contribution in [0.25, 0.3) is 0 Å². The second-order valence-corrected chi connectivity index (χ2v) is 2.62. The van der Waals surface area contributed by atoms with Crippen molar-refractivity contribution in [1.29, 1.82) is 0 Å². The van der Waals surface area contributed by atoms with Crippen LogP contribution in [0.15, 0.2) is 40.6 Å². The maximum absolute atomic E-state index is 4.19. The van der Waals surface area contributed by atoms with Crippen LogP contribution in [-0.4, -0.2) is 6.21 Å². The van der Waals surface area contributed by atoms with Crippen molar-refractivity contribution in [2.24, 2.45) is 4.99 Å². The normalized spacial score (nSPS) is 14.0. The van der Waals surface area contributed by atoms with E-state index in [1.165, 1.54) is 0 Å². The molecule has 0 heterocycles. The Morgan fingerprint density at radius 2 is 1.83 bits per heavy atom. The molecule has 0 amide bonds. The van der Waals surface area contributed by atoms with Gasteiger partial charge in [-0.1, -0.05) is 18.7 Å². The van der Waals surface area contributed by atoms with E-state index in [9.17, 15) is 0 Å². The minimum absolute atomic E-state index is 1.03. The van der Waals surface area contributed by atoms with Gasteiger partial charge in [-0.2, -0.15) is 0 Å². The molecule has 0 aromatic carbocycles. The Morgan fingerprint density at radius 1 is 1.25 bits per heavy atom. The van der Waals surface area contributed by atoms with Gasteiger partial charge in [-0.3, -0.25) is 4.99 Å². The number of aliphatic imine (C=N–C) groups is 1. The summed E-state index contributed by atoms with van der Waals surface area (Å²) in [4.78, 5) is 4.19. The molecule has 0 unspecified atom stereocenters. The average Bonchev–Trinajstić information content (AvgIpc) is 2.04. The molecule has 0 N–H and O–H groups in total. The maximum atomic E-state index is 4.19. The summed E-state index contributed by atoms with van der Waals surface area (Å²) in [5.41, 5.74) is 3.20. The molecular weight excluding hydrogens is 146 g/mol. The highest BCUT2D eigenvalue weighted by atomic mass is 14.7. The van der Waals surface area contributed by atoms with Gasteiger partial charge in [0, 0.05) is 11.9 Å². The lowest BCUT2D eigenvalue weighted by Gasteiger charge is -2.02. The van der Waals surface area contributed by atoms with Crippen molar-refractivity contribution in [3.63, 3.8) is 0 Å². The van der Waals surface area contributed by atoms with Crippen molar-refractivity contribution in [3.8, 4) is 0 Å². The second-order valence-electron chi connectivity index (χ2n) is 2.62. The van der Waals surface area contributed by atoms with Gasteiger partial charge >= 0.3 is 0 Å². The minimum atomic E-state index is 1.03. The summed E-state index contributed by atoms with van der Waals surface area (Å²) in [6, 6.07) is 0. The Hall–Kier alpha value is -1.11. The summed E-state index contributed by atoms with van der Waals surface area (Å²) >= 11 is 0. The summed E-state index contributed by atoms with van der Waals surface area (Å²) < 4.78 is 0. The Labute approximate surface area is 75.2 Å². The Bertz CT molecular complexity index is 242. The SMILES string of the molecule is C=C(/C=C\C)/C(C)=C(C)\N=C/C. The molecule has 0 aliphatic rings. The first kappa shape index (κ1) is 10.9. The lowest BCUT2D eigenvalue weighted by Crippen LogP contribution is -1.83. The molecule has 0 rings (SSSR count). The molecule has 0 fully saturated rings. The maximum Gasteiger partial charge on any atom is 0.0403 e. The molecular formula is C11H17N. The van der Waals surface area contributed by atoms with Crippen LogP contribution in [-0.2, 0) is 0 Å². The fourth-order valence-corrected chi connectivity index (χ4v) is 0.849. The molecule has 0 bridgehead atoms. The van der Waals surface area contributed by atoms with Gasteiger partial charge in [0.25, 0.3) is 0 Å². The molecule has 0 radical (unpaired) electrons. The molecule has 12 heavy (non-hydrogen) atoms. The van der Waals surface area contributed by atoms with E-state index in [-0.39, 0.29) is 0 Å². The second kappa shape index (κ2) is 5.53. The molecule has 0 aromatic rings. The molecule has 0 spiro atoms. The van der Waals surface area contributed by atoms with Gasteiger partial charge < -0.3 is 0 Å². The van der Waals surface area contributed by atoms with Crippen LogP contribution < -0.4 is 0 Å². The van der Waals surface area contributed by atoms with E-state index in [1.54, 1.807) is 6.21 Å². The third kappa shape index (κ3) is 3.33. The van der Waals surface area contributed by atoms with Crippen LogP contribution in [0.2, 0.25) is 0 Å². The molecule has 1 nitrogen and oxygen atoms in total. The van der Waals surface area contributed by atoms with Crippen LogP contribution in [0.3, 0.4) is 0 Å². The number of allylic oxidation sites excluding steroid dienone is 5. The third-order valence-corrected chi connectivity index (χ3v) is 1.71. The monoisotopic (exact) mass is 163 g/mol. The Balaban J connectivity index is 4.65. The summed E-state index contributed by atoms with van der Waals surface area (Å²) in [5, 5.41) is 0. The average molecular weight is 163 g/mol. The van der Waals surface area contributed by atoms with Crippen LogP contribution in [0.5, 0.6) is 0 Å². The van der Waals surface area contributed by atoms with Crippen LogP contribution in [0.1, 0.15) is 27.7 Å². The Morgan fingerprint density at radius 3 is 2.25 bits per heavy atom. The van der Waals surface area contributed by atoms with E-state index in [0.717, 1.165) is 16.8 Å². The van der Waals surface area contributed by atoms with Gasteiger partial charge in [-0.05, 0) is 38.8 Å². The van der Waals surface area contributed by atoms with Crippen molar-refractivity contribution >= 4 is 6.21 Å². The largest absolute Gasteiger partial charge is 0.266 e. The van der Waals surface area contributed by atoms with Crippen molar-refractivity contribution in [2.75, 3.05) is 0 Å². The molecule has 0 aliphatic carbocycles.